The molecule has 0 spiro atoms. The van der Waals surface area contributed by atoms with Crippen molar-refractivity contribution in [2.24, 2.45) is 0 Å². The van der Waals surface area contributed by atoms with E-state index in [4.69, 9.17) is 0 Å². The Labute approximate surface area is 130 Å². The van der Waals surface area contributed by atoms with Gasteiger partial charge < -0.3 is 0 Å². The molecule has 1 heterocycles. The first-order chi connectivity index (χ1) is 10.3. The lowest BCUT2D eigenvalue weighted by Gasteiger charge is -2.16. The van der Waals surface area contributed by atoms with Gasteiger partial charge in [-0.3, -0.25) is 9.00 Å². The summed E-state index contributed by atoms with van der Waals surface area (Å²) in [4.78, 5) is 16.6. The average Bonchev–Trinajstić information content (AvgIpc) is 2.51. The van der Waals surface area contributed by atoms with Crippen molar-refractivity contribution in [1.29, 1.82) is 0 Å². The van der Waals surface area contributed by atoms with Crippen LogP contribution in [0.5, 0.6) is 0 Å². The molecule has 1 aliphatic rings. The Kier molecular flexibility index (Phi) is 7.07. The molecule has 2 unspecified atom stereocenters. The number of Topliss-reactive ketones (excluding diaryl/α,β-unsaturated/α-hetero) is 1. The Balaban J connectivity index is 2.04. The number of pyridine rings is 1. The molecular formula is C17H25NO2S. The van der Waals surface area contributed by atoms with Crippen molar-refractivity contribution in [3.05, 3.63) is 24.4 Å². The SMILES string of the molecule is O=C1CCCCCCCCCCC1S(=O)c1ccccn1. The predicted molar refractivity (Wildman–Crippen MR) is 85.6 cm³/mol. The first-order valence-electron chi connectivity index (χ1n) is 8.13. The Bertz CT molecular complexity index is 461. The van der Waals surface area contributed by atoms with Gasteiger partial charge in [0.1, 0.15) is 10.8 Å². The molecule has 1 aromatic heterocycles. The fourth-order valence-corrected chi connectivity index (χ4v) is 4.26. The van der Waals surface area contributed by atoms with Crippen molar-refractivity contribution >= 4 is 16.6 Å². The van der Waals surface area contributed by atoms with Crippen LogP contribution in [-0.2, 0) is 15.6 Å². The maximum atomic E-state index is 12.7. The Morgan fingerprint density at radius 1 is 0.952 bits per heavy atom. The molecule has 116 valence electrons. The highest BCUT2D eigenvalue weighted by atomic mass is 32.2. The van der Waals surface area contributed by atoms with Gasteiger partial charge in [-0.05, 0) is 25.0 Å². The first kappa shape index (κ1) is 16.3. The highest BCUT2D eigenvalue weighted by Crippen LogP contribution is 2.20. The van der Waals surface area contributed by atoms with Crippen LogP contribution in [0.1, 0.15) is 64.2 Å². The number of nitrogens with zero attached hydrogens (tertiary/aromatic N) is 1. The van der Waals surface area contributed by atoms with E-state index >= 15 is 0 Å². The second-order valence-electron chi connectivity index (χ2n) is 5.79. The predicted octanol–water partition coefficient (Wildman–Crippen LogP) is 4.04. The maximum Gasteiger partial charge on any atom is 0.148 e. The van der Waals surface area contributed by atoms with Crippen LogP contribution in [-0.4, -0.2) is 20.2 Å². The lowest BCUT2D eigenvalue weighted by Crippen LogP contribution is -2.26. The van der Waals surface area contributed by atoms with Crippen molar-refractivity contribution in [2.45, 2.75) is 74.5 Å². The van der Waals surface area contributed by atoms with Crippen molar-refractivity contribution in [1.82, 2.24) is 4.98 Å². The molecule has 0 amide bonds. The van der Waals surface area contributed by atoms with Crippen LogP contribution < -0.4 is 0 Å². The number of hydrogen-bond donors (Lipinski definition) is 0. The molecule has 0 aliphatic heterocycles. The summed E-state index contributed by atoms with van der Waals surface area (Å²) in [6.07, 6.45) is 12.2. The molecule has 0 bridgehead atoms. The monoisotopic (exact) mass is 307 g/mol. The zero-order valence-corrected chi connectivity index (χ0v) is 13.4. The Morgan fingerprint density at radius 2 is 1.62 bits per heavy atom. The summed E-state index contributed by atoms with van der Waals surface area (Å²) < 4.78 is 12.7. The van der Waals surface area contributed by atoms with Crippen LogP contribution in [0.15, 0.2) is 29.4 Å². The molecule has 2 atom stereocenters. The van der Waals surface area contributed by atoms with Gasteiger partial charge in [-0.2, -0.15) is 0 Å². The maximum absolute atomic E-state index is 12.7. The molecule has 1 fully saturated rings. The molecule has 0 radical (unpaired) electrons. The summed E-state index contributed by atoms with van der Waals surface area (Å²) >= 11 is 0. The topological polar surface area (TPSA) is 47.0 Å². The van der Waals surface area contributed by atoms with Gasteiger partial charge in [0.05, 0.1) is 16.0 Å². The molecule has 1 saturated carbocycles. The van der Waals surface area contributed by atoms with Gasteiger partial charge in [-0.1, -0.05) is 51.0 Å². The Hall–Kier alpha value is -1.03. The number of carbonyl (C=O) groups is 1. The van der Waals surface area contributed by atoms with Crippen molar-refractivity contribution in [3.8, 4) is 0 Å². The zero-order chi connectivity index (χ0) is 14.9. The van der Waals surface area contributed by atoms with Crippen LogP contribution >= 0.6 is 0 Å². The van der Waals surface area contributed by atoms with Crippen LogP contribution in [0.3, 0.4) is 0 Å². The van der Waals surface area contributed by atoms with Crippen LogP contribution in [0.2, 0.25) is 0 Å². The van der Waals surface area contributed by atoms with Gasteiger partial charge >= 0.3 is 0 Å². The summed E-state index contributed by atoms with van der Waals surface area (Å²) in [6.45, 7) is 0. The summed E-state index contributed by atoms with van der Waals surface area (Å²) in [5, 5.41) is 0.183. The average molecular weight is 307 g/mol. The van der Waals surface area contributed by atoms with Crippen LogP contribution in [0, 0.1) is 0 Å². The number of carbonyl (C=O) groups excluding carboxylic acids is 1. The largest absolute Gasteiger partial charge is 0.298 e. The van der Waals surface area contributed by atoms with E-state index in [2.05, 4.69) is 4.98 Å². The standard InChI is InChI=1S/C17H25NO2S/c19-15-11-7-5-3-1-2-4-6-8-12-16(15)21(20)17-13-9-10-14-18-17/h9-10,13-14,16H,1-8,11-12H2. The molecule has 3 nitrogen and oxygen atoms in total. The summed E-state index contributed by atoms with van der Waals surface area (Å²) in [7, 11) is -1.30. The minimum atomic E-state index is -1.30. The van der Waals surface area contributed by atoms with Gasteiger partial charge in [0, 0.05) is 12.6 Å². The highest BCUT2D eigenvalue weighted by Gasteiger charge is 2.26. The molecule has 1 aromatic rings. The summed E-state index contributed by atoms with van der Waals surface area (Å²) in [5.74, 6) is 0.166. The lowest BCUT2D eigenvalue weighted by atomic mass is 10.00. The first-order valence-corrected chi connectivity index (χ1v) is 9.34. The van der Waals surface area contributed by atoms with E-state index < -0.39 is 10.8 Å². The third-order valence-corrected chi connectivity index (χ3v) is 5.77. The van der Waals surface area contributed by atoms with E-state index in [0.29, 0.717) is 11.4 Å². The van der Waals surface area contributed by atoms with E-state index in [0.717, 1.165) is 32.1 Å². The normalized spacial score (nSPS) is 23.8. The van der Waals surface area contributed by atoms with Gasteiger partial charge in [0.15, 0.2) is 0 Å². The van der Waals surface area contributed by atoms with E-state index in [9.17, 15) is 9.00 Å². The number of ketones is 1. The third-order valence-electron chi connectivity index (χ3n) is 4.10. The molecular weight excluding hydrogens is 282 g/mol. The van der Waals surface area contributed by atoms with Gasteiger partial charge in [0.25, 0.3) is 0 Å². The fraction of sp³-hybridized carbons (Fsp3) is 0.647. The van der Waals surface area contributed by atoms with Crippen LogP contribution in [0.4, 0.5) is 0 Å². The van der Waals surface area contributed by atoms with E-state index in [1.165, 1.54) is 25.7 Å². The minimum Gasteiger partial charge on any atom is -0.298 e. The zero-order valence-electron chi connectivity index (χ0n) is 12.6. The van der Waals surface area contributed by atoms with E-state index in [1.54, 1.807) is 12.3 Å². The van der Waals surface area contributed by atoms with E-state index in [1.807, 2.05) is 12.1 Å². The van der Waals surface area contributed by atoms with Crippen molar-refractivity contribution in [3.63, 3.8) is 0 Å². The second-order valence-corrected chi connectivity index (χ2v) is 7.37. The fourth-order valence-electron chi connectivity index (χ4n) is 2.85. The van der Waals surface area contributed by atoms with E-state index in [-0.39, 0.29) is 11.0 Å². The molecule has 2 rings (SSSR count). The second kappa shape index (κ2) is 9.08. The van der Waals surface area contributed by atoms with Gasteiger partial charge in [-0.25, -0.2) is 4.98 Å². The summed E-state index contributed by atoms with van der Waals surface area (Å²) in [5.41, 5.74) is 0. The molecule has 21 heavy (non-hydrogen) atoms. The van der Waals surface area contributed by atoms with Crippen LogP contribution in [0.25, 0.3) is 0 Å². The quantitative estimate of drug-likeness (QED) is 0.828. The molecule has 1 aliphatic carbocycles. The molecule has 0 N–H and O–H groups in total. The van der Waals surface area contributed by atoms with Gasteiger partial charge in [0.2, 0.25) is 0 Å². The Morgan fingerprint density at radius 3 is 2.29 bits per heavy atom. The smallest absolute Gasteiger partial charge is 0.148 e. The summed E-state index contributed by atoms with van der Waals surface area (Å²) in [6, 6.07) is 5.41. The number of hydrogen-bond acceptors (Lipinski definition) is 3. The highest BCUT2D eigenvalue weighted by molar-refractivity contribution is 7.86. The number of aromatic nitrogens is 1. The molecule has 4 heteroatoms. The van der Waals surface area contributed by atoms with Crippen molar-refractivity contribution in [2.75, 3.05) is 0 Å². The molecule has 0 aromatic carbocycles. The lowest BCUT2D eigenvalue weighted by molar-refractivity contribution is -0.118. The van der Waals surface area contributed by atoms with Gasteiger partial charge in [-0.15, -0.1) is 0 Å². The molecule has 0 saturated heterocycles. The minimum absolute atomic E-state index is 0.166. The number of rotatable bonds is 2. The third kappa shape index (κ3) is 5.34. The van der Waals surface area contributed by atoms with Crippen molar-refractivity contribution < 1.29 is 9.00 Å².